The molecule has 0 aliphatic heterocycles. The van der Waals surface area contributed by atoms with Gasteiger partial charge in [-0.2, -0.15) is 9.61 Å². The molecule has 0 aliphatic carbocycles. The first-order chi connectivity index (χ1) is 13.4. The molecule has 10 heteroatoms. The minimum Gasteiger partial charge on any atom is -0.287 e. The summed E-state index contributed by atoms with van der Waals surface area (Å²) in [5.41, 5.74) is 1.48. The molecule has 4 rings (SSSR count). The third-order valence-corrected chi connectivity index (χ3v) is 7.73. The van der Waals surface area contributed by atoms with E-state index in [9.17, 15) is 9.59 Å². The average molecular weight is 434 g/mol. The van der Waals surface area contributed by atoms with E-state index < -0.39 is 0 Å². The Morgan fingerprint density at radius 2 is 1.93 bits per heavy atom. The fourth-order valence-corrected chi connectivity index (χ4v) is 5.83. The van der Waals surface area contributed by atoms with E-state index in [0.29, 0.717) is 33.5 Å². The first kappa shape index (κ1) is 19.3. The number of aromatic nitrogens is 5. The third-order valence-electron chi connectivity index (χ3n) is 4.56. The highest BCUT2D eigenvalue weighted by molar-refractivity contribution is 7.98. The van der Waals surface area contributed by atoms with Crippen molar-refractivity contribution in [2.45, 2.75) is 51.6 Å². The Hall–Kier alpha value is -2.04. The molecule has 146 valence electrons. The Morgan fingerprint density at radius 3 is 2.64 bits per heavy atom. The number of aryl methyl sites for hydroxylation is 3. The topological polar surface area (TPSA) is 82.2 Å². The molecule has 4 heterocycles. The van der Waals surface area contributed by atoms with E-state index in [1.54, 1.807) is 15.9 Å². The fourth-order valence-electron chi connectivity index (χ4n) is 2.95. The number of hydrogen-bond acceptors (Lipinski definition) is 8. The van der Waals surface area contributed by atoms with Gasteiger partial charge in [-0.1, -0.05) is 30.0 Å². The van der Waals surface area contributed by atoms with Crippen LogP contribution in [0, 0.1) is 13.8 Å². The number of thioether (sulfide) groups is 1. The van der Waals surface area contributed by atoms with E-state index in [1.807, 2.05) is 27.7 Å². The minimum atomic E-state index is -0.183. The van der Waals surface area contributed by atoms with Crippen molar-refractivity contribution in [1.29, 1.82) is 0 Å². The Kier molecular flexibility index (Phi) is 5.11. The molecule has 0 saturated carbocycles. The van der Waals surface area contributed by atoms with Crippen molar-refractivity contribution >= 4 is 49.6 Å². The molecule has 7 nitrogen and oxygen atoms in total. The zero-order chi connectivity index (χ0) is 20.0. The summed E-state index contributed by atoms with van der Waals surface area (Å²) in [6.45, 7) is 8.46. The SMILES string of the molecule is CCc1nn2c(=O)cc(CSc3nc4sc(C)c(C)c4c(=O)n3CC)nc2s1. The van der Waals surface area contributed by atoms with Crippen molar-refractivity contribution in [1.82, 2.24) is 24.1 Å². The number of rotatable bonds is 5. The fraction of sp³-hybridized carbons (Fsp3) is 0.389. The van der Waals surface area contributed by atoms with Crippen molar-refractivity contribution in [3.8, 4) is 0 Å². The molecule has 4 aromatic heterocycles. The summed E-state index contributed by atoms with van der Waals surface area (Å²) >= 11 is 4.40. The lowest BCUT2D eigenvalue weighted by molar-refractivity contribution is 0.635. The van der Waals surface area contributed by atoms with E-state index in [-0.39, 0.29) is 11.1 Å². The normalized spacial score (nSPS) is 11.7. The van der Waals surface area contributed by atoms with Gasteiger partial charge in [0.2, 0.25) is 4.96 Å². The molecule has 0 fully saturated rings. The van der Waals surface area contributed by atoms with Gasteiger partial charge < -0.3 is 0 Å². The summed E-state index contributed by atoms with van der Waals surface area (Å²) in [5, 5.41) is 6.52. The second-order valence-corrected chi connectivity index (χ2v) is 9.51. The van der Waals surface area contributed by atoms with Crippen LogP contribution < -0.4 is 11.1 Å². The third kappa shape index (κ3) is 3.19. The summed E-state index contributed by atoms with van der Waals surface area (Å²) in [5.74, 6) is 0.465. The lowest BCUT2D eigenvalue weighted by Crippen LogP contribution is -2.22. The molecule has 0 saturated heterocycles. The van der Waals surface area contributed by atoms with Crippen LogP contribution in [0.25, 0.3) is 15.2 Å². The smallest absolute Gasteiger partial charge is 0.275 e. The van der Waals surface area contributed by atoms with Gasteiger partial charge >= 0.3 is 0 Å². The molecular weight excluding hydrogens is 414 g/mol. The van der Waals surface area contributed by atoms with Crippen LogP contribution in [0.15, 0.2) is 20.8 Å². The summed E-state index contributed by atoms with van der Waals surface area (Å²) in [6.07, 6.45) is 0.768. The van der Waals surface area contributed by atoms with Gasteiger partial charge in [0.05, 0.1) is 11.1 Å². The molecule has 0 aliphatic rings. The van der Waals surface area contributed by atoms with Gasteiger partial charge in [0, 0.05) is 23.2 Å². The lowest BCUT2D eigenvalue weighted by Gasteiger charge is -2.09. The van der Waals surface area contributed by atoms with Gasteiger partial charge in [-0.3, -0.25) is 14.2 Å². The summed E-state index contributed by atoms with van der Waals surface area (Å²) in [6, 6.07) is 1.51. The number of thiophene rings is 1. The first-order valence-corrected chi connectivity index (χ1v) is 11.6. The zero-order valence-corrected chi connectivity index (χ0v) is 18.4. The Labute approximate surface area is 173 Å². The van der Waals surface area contributed by atoms with E-state index in [0.717, 1.165) is 26.7 Å². The van der Waals surface area contributed by atoms with Crippen molar-refractivity contribution in [3.63, 3.8) is 0 Å². The molecule has 0 amide bonds. The highest BCUT2D eigenvalue weighted by Crippen LogP contribution is 2.29. The largest absolute Gasteiger partial charge is 0.287 e. The Balaban J connectivity index is 1.72. The van der Waals surface area contributed by atoms with Crippen molar-refractivity contribution in [2.24, 2.45) is 0 Å². The van der Waals surface area contributed by atoms with Crippen molar-refractivity contribution in [3.05, 3.63) is 47.9 Å². The van der Waals surface area contributed by atoms with Crippen LogP contribution in [0.3, 0.4) is 0 Å². The zero-order valence-electron chi connectivity index (χ0n) is 16.0. The van der Waals surface area contributed by atoms with Gasteiger partial charge in [0.25, 0.3) is 11.1 Å². The molecule has 4 aromatic rings. The van der Waals surface area contributed by atoms with Crippen LogP contribution in [0.4, 0.5) is 0 Å². The van der Waals surface area contributed by atoms with Crippen LogP contribution in [0.1, 0.15) is 35.0 Å². The Bertz CT molecular complexity index is 1310. The number of fused-ring (bicyclic) bond motifs is 2. The van der Waals surface area contributed by atoms with Crippen LogP contribution in [-0.2, 0) is 18.7 Å². The van der Waals surface area contributed by atoms with E-state index in [4.69, 9.17) is 4.98 Å². The predicted molar refractivity (Wildman–Crippen MR) is 115 cm³/mol. The van der Waals surface area contributed by atoms with Gasteiger partial charge in [-0.25, -0.2) is 9.97 Å². The molecule has 0 N–H and O–H groups in total. The predicted octanol–water partition coefficient (Wildman–Crippen LogP) is 3.41. The molecule has 28 heavy (non-hydrogen) atoms. The van der Waals surface area contributed by atoms with Crippen LogP contribution in [-0.4, -0.2) is 24.1 Å². The minimum absolute atomic E-state index is 0.00428. The highest BCUT2D eigenvalue weighted by atomic mass is 32.2. The van der Waals surface area contributed by atoms with Crippen LogP contribution in [0.2, 0.25) is 0 Å². The summed E-state index contributed by atoms with van der Waals surface area (Å²) in [4.78, 5) is 37.0. The quantitative estimate of drug-likeness (QED) is 0.354. The van der Waals surface area contributed by atoms with Gasteiger partial charge in [-0.05, 0) is 32.8 Å². The molecular formula is C18H19N5O2S3. The van der Waals surface area contributed by atoms with Crippen LogP contribution in [0.5, 0.6) is 0 Å². The summed E-state index contributed by atoms with van der Waals surface area (Å²) < 4.78 is 3.04. The summed E-state index contributed by atoms with van der Waals surface area (Å²) in [7, 11) is 0. The van der Waals surface area contributed by atoms with Crippen LogP contribution >= 0.6 is 34.4 Å². The lowest BCUT2D eigenvalue weighted by atomic mass is 10.2. The molecule has 0 atom stereocenters. The van der Waals surface area contributed by atoms with E-state index in [2.05, 4.69) is 10.1 Å². The van der Waals surface area contributed by atoms with E-state index >= 15 is 0 Å². The van der Waals surface area contributed by atoms with Gasteiger partial charge in [-0.15, -0.1) is 11.3 Å². The second kappa shape index (κ2) is 7.41. The molecule has 0 spiro atoms. The maximum absolute atomic E-state index is 12.9. The average Bonchev–Trinajstić information content (AvgIpc) is 3.21. The van der Waals surface area contributed by atoms with Gasteiger partial charge in [0.1, 0.15) is 9.84 Å². The van der Waals surface area contributed by atoms with Crippen molar-refractivity contribution < 1.29 is 0 Å². The second-order valence-electron chi connectivity index (χ2n) is 6.33. The highest BCUT2D eigenvalue weighted by Gasteiger charge is 2.17. The first-order valence-electron chi connectivity index (χ1n) is 8.94. The monoisotopic (exact) mass is 433 g/mol. The maximum Gasteiger partial charge on any atom is 0.275 e. The Morgan fingerprint density at radius 1 is 1.14 bits per heavy atom. The number of nitrogens with zero attached hydrogens (tertiary/aromatic N) is 5. The molecule has 0 radical (unpaired) electrons. The molecule has 0 unspecified atom stereocenters. The van der Waals surface area contributed by atoms with E-state index in [1.165, 1.54) is 33.7 Å². The molecule has 0 aromatic carbocycles. The maximum atomic E-state index is 12.9. The molecule has 0 bridgehead atoms. The van der Waals surface area contributed by atoms with Crippen molar-refractivity contribution in [2.75, 3.05) is 0 Å². The standard InChI is InChI=1S/C18H19N5O2S3/c1-5-12-21-23-13(24)7-11(19-18(23)28-12)8-26-17-20-15-14(9(3)10(4)27-15)16(25)22(17)6-2/h7H,5-6,8H2,1-4H3. The number of hydrogen-bond donors (Lipinski definition) is 0. The van der Waals surface area contributed by atoms with Gasteiger partial charge in [0.15, 0.2) is 5.16 Å².